The summed E-state index contributed by atoms with van der Waals surface area (Å²) in [6, 6.07) is 8.25. The summed E-state index contributed by atoms with van der Waals surface area (Å²) in [7, 11) is 1.48. The molecule has 0 spiro atoms. The molecule has 37 heavy (non-hydrogen) atoms. The lowest BCUT2D eigenvalue weighted by Gasteiger charge is -2.17. The number of carbonyl (C=O) groups is 1. The molecule has 0 unspecified atom stereocenters. The molecule has 12 heteroatoms. The second-order valence-electron chi connectivity index (χ2n) is 8.95. The van der Waals surface area contributed by atoms with Gasteiger partial charge in [-0.05, 0) is 49.4 Å². The predicted octanol–water partition coefficient (Wildman–Crippen LogP) is 4.87. The number of nitrogens with one attached hydrogen (secondary N) is 1. The summed E-state index contributed by atoms with van der Waals surface area (Å²) in [5.41, 5.74) is 1.03. The molecule has 1 aromatic carbocycles. The second kappa shape index (κ2) is 9.34. The number of aromatic nitrogens is 5. The average molecular weight is 512 g/mol. The van der Waals surface area contributed by atoms with Crippen molar-refractivity contribution >= 4 is 23.0 Å². The number of anilines is 1. The normalized spacial score (nSPS) is 14.5. The zero-order valence-corrected chi connectivity index (χ0v) is 20.0. The molecule has 0 amide bonds. The maximum atomic E-state index is 13.1. The minimum Gasteiger partial charge on any atom is -0.481 e. The van der Waals surface area contributed by atoms with Crippen LogP contribution in [0.2, 0.25) is 0 Å². The fourth-order valence-corrected chi connectivity index (χ4v) is 4.18. The maximum Gasteiger partial charge on any atom is 0.416 e. The van der Waals surface area contributed by atoms with Gasteiger partial charge in [-0.1, -0.05) is 12.1 Å². The summed E-state index contributed by atoms with van der Waals surface area (Å²) in [6.07, 6.45) is -0.795. The van der Waals surface area contributed by atoms with Crippen molar-refractivity contribution in [1.82, 2.24) is 24.5 Å². The first-order valence-electron chi connectivity index (χ1n) is 11.6. The van der Waals surface area contributed by atoms with Gasteiger partial charge in [0.1, 0.15) is 11.3 Å². The molecule has 0 aliphatic heterocycles. The number of hydrogen-bond acceptors (Lipinski definition) is 7. The molecule has 1 saturated carbocycles. The van der Waals surface area contributed by atoms with Crippen molar-refractivity contribution in [3.05, 3.63) is 59.5 Å². The van der Waals surface area contributed by atoms with Gasteiger partial charge in [0.2, 0.25) is 11.7 Å². The summed E-state index contributed by atoms with van der Waals surface area (Å²) in [6.45, 7) is 2.13. The van der Waals surface area contributed by atoms with Gasteiger partial charge in [-0.25, -0.2) is 24.7 Å². The number of methoxy groups -OCH3 is 1. The maximum absolute atomic E-state index is 13.1. The van der Waals surface area contributed by atoms with Gasteiger partial charge in [0.15, 0.2) is 11.5 Å². The van der Waals surface area contributed by atoms with Crippen molar-refractivity contribution < 1.29 is 27.8 Å². The third-order valence-corrected chi connectivity index (χ3v) is 6.31. The number of pyridine rings is 1. The Morgan fingerprint density at radius 1 is 1.19 bits per heavy atom. The van der Waals surface area contributed by atoms with E-state index in [-0.39, 0.29) is 18.2 Å². The van der Waals surface area contributed by atoms with E-state index in [0.29, 0.717) is 40.1 Å². The molecule has 3 aromatic heterocycles. The average Bonchev–Trinajstić information content (AvgIpc) is 3.66. The Bertz CT molecular complexity index is 1470. The Labute approximate surface area is 209 Å². The highest BCUT2D eigenvalue weighted by Crippen LogP contribution is 2.36. The second-order valence-corrected chi connectivity index (χ2v) is 8.95. The predicted molar refractivity (Wildman–Crippen MR) is 128 cm³/mol. The summed E-state index contributed by atoms with van der Waals surface area (Å²) in [5, 5.41) is 12.9. The Morgan fingerprint density at radius 2 is 1.92 bits per heavy atom. The first-order valence-corrected chi connectivity index (χ1v) is 11.6. The van der Waals surface area contributed by atoms with Crippen LogP contribution >= 0.6 is 0 Å². The van der Waals surface area contributed by atoms with Crippen molar-refractivity contribution in [3.63, 3.8) is 0 Å². The van der Waals surface area contributed by atoms with Gasteiger partial charge >= 0.3 is 12.1 Å². The molecule has 3 heterocycles. The number of carboxylic acids is 1. The van der Waals surface area contributed by atoms with Crippen molar-refractivity contribution in [2.75, 3.05) is 12.4 Å². The number of fused-ring (bicyclic) bond motifs is 1. The Morgan fingerprint density at radius 3 is 2.54 bits per heavy atom. The van der Waals surface area contributed by atoms with Crippen LogP contribution in [0.5, 0.6) is 5.88 Å². The van der Waals surface area contributed by atoms with Crippen LogP contribution in [0.3, 0.4) is 0 Å². The number of halogens is 3. The smallest absolute Gasteiger partial charge is 0.416 e. The standard InChI is InChI=1S/C25H23F3N6O3/c1-13(15-5-6-15)30-20-19-21(32-22(31-20)24(35)36)33-23(16-9-10-29-18(11-16)37-2)34(19)12-14-3-7-17(8-4-14)25(26,27)28/h3-4,7-11,13,15H,5-6,12H2,1-2H3,(H,35,36)(H,30,31,32)/t13-/m1/s1. The highest BCUT2D eigenvalue weighted by atomic mass is 19.4. The van der Waals surface area contributed by atoms with Crippen LogP contribution in [0.25, 0.3) is 22.6 Å². The first kappa shape index (κ1) is 24.5. The van der Waals surface area contributed by atoms with Crippen LogP contribution in [0.4, 0.5) is 19.0 Å². The molecule has 2 N–H and O–H groups in total. The molecule has 1 aliphatic carbocycles. The van der Waals surface area contributed by atoms with Gasteiger partial charge in [0.05, 0.1) is 12.7 Å². The summed E-state index contributed by atoms with van der Waals surface area (Å²) >= 11 is 0. The first-order chi connectivity index (χ1) is 17.6. The Hall–Kier alpha value is -4.22. The number of rotatable bonds is 8. The molecule has 5 rings (SSSR count). The molecule has 0 radical (unpaired) electrons. The van der Waals surface area contributed by atoms with Crippen LogP contribution in [0.1, 0.15) is 41.5 Å². The van der Waals surface area contributed by atoms with E-state index < -0.39 is 23.5 Å². The van der Waals surface area contributed by atoms with E-state index in [1.165, 1.54) is 19.2 Å². The fraction of sp³-hybridized carbons (Fsp3) is 0.320. The molecule has 1 fully saturated rings. The van der Waals surface area contributed by atoms with E-state index in [2.05, 4.69) is 25.3 Å². The number of nitrogens with zero attached hydrogens (tertiary/aromatic N) is 5. The van der Waals surface area contributed by atoms with Crippen LogP contribution in [0, 0.1) is 5.92 Å². The number of aromatic carboxylic acids is 1. The number of alkyl halides is 3. The number of ether oxygens (including phenoxy) is 1. The molecular formula is C25H23F3N6O3. The van der Waals surface area contributed by atoms with Crippen molar-refractivity contribution in [3.8, 4) is 17.3 Å². The third-order valence-electron chi connectivity index (χ3n) is 6.31. The van der Waals surface area contributed by atoms with Crippen molar-refractivity contribution in [2.45, 2.75) is 38.5 Å². The minimum absolute atomic E-state index is 0.0265. The minimum atomic E-state index is -4.45. The van der Waals surface area contributed by atoms with E-state index in [1.807, 2.05) is 6.92 Å². The molecular weight excluding hydrogens is 489 g/mol. The topological polar surface area (TPSA) is 115 Å². The van der Waals surface area contributed by atoms with Gasteiger partial charge in [0.25, 0.3) is 0 Å². The van der Waals surface area contributed by atoms with Gasteiger partial charge in [-0.2, -0.15) is 13.2 Å². The lowest BCUT2D eigenvalue weighted by atomic mass is 10.1. The van der Waals surface area contributed by atoms with E-state index in [1.54, 1.807) is 22.9 Å². The lowest BCUT2D eigenvalue weighted by Crippen LogP contribution is -2.20. The monoisotopic (exact) mass is 512 g/mol. The zero-order chi connectivity index (χ0) is 26.3. The van der Waals surface area contributed by atoms with Crippen molar-refractivity contribution in [2.24, 2.45) is 5.92 Å². The Balaban J connectivity index is 1.69. The summed E-state index contributed by atoms with van der Waals surface area (Å²) < 4.78 is 46.3. The van der Waals surface area contributed by atoms with Gasteiger partial charge < -0.3 is 19.7 Å². The SMILES string of the molecule is COc1cc(-c2nc3nc(C(=O)O)nc(N[C@H](C)C4CC4)c3n2Cc2ccc(C(F)(F)F)cc2)ccn1. The quantitative estimate of drug-likeness (QED) is 0.344. The molecule has 192 valence electrons. The molecule has 1 atom stereocenters. The molecule has 9 nitrogen and oxygen atoms in total. The van der Waals surface area contributed by atoms with E-state index >= 15 is 0 Å². The molecule has 1 aliphatic rings. The number of imidazole rings is 1. The van der Waals surface area contributed by atoms with Gasteiger partial charge in [0, 0.05) is 30.4 Å². The van der Waals surface area contributed by atoms with Crippen LogP contribution in [-0.2, 0) is 12.7 Å². The van der Waals surface area contributed by atoms with Crippen LogP contribution in [0.15, 0.2) is 42.6 Å². The van der Waals surface area contributed by atoms with Crippen LogP contribution in [-0.4, -0.2) is 48.7 Å². The van der Waals surface area contributed by atoms with E-state index in [9.17, 15) is 23.1 Å². The highest BCUT2D eigenvalue weighted by Gasteiger charge is 2.31. The van der Waals surface area contributed by atoms with Gasteiger partial charge in [-0.15, -0.1) is 0 Å². The molecule has 4 aromatic rings. The zero-order valence-electron chi connectivity index (χ0n) is 20.0. The number of carboxylic acid groups (broad SMARTS) is 1. The lowest BCUT2D eigenvalue weighted by molar-refractivity contribution is -0.137. The number of benzene rings is 1. The van der Waals surface area contributed by atoms with Gasteiger partial charge in [-0.3, -0.25) is 0 Å². The summed E-state index contributed by atoms with van der Waals surface area (Å²) in [5.74, 6) is -0.218. The van der Waals surface area contributed by atoms with Crippen LogP contribution < -0.4 is 10.1 Å². The molecule has 0 bridgehead atoms. The third kappa shape index (κ3) is 5.04. The summed E-state index contributed by atoms with van der Waals surface area (Å²) in [4.78, 5) is 29.0. The van der Waals surface area contributed by atoms with Crippen molar-refractivity contribution in [1.29, 1.82) is 0 Å². The number of hydrogen-bond donors (Lipinski definition) is 2. The largest absolute Gasteiger partial charge is 0.481 e. The fourth-order valence-electron chi connectivity index (χ4n) is 4.18. The Kier molecular flexibility index (Phi) is 6.18. The van der Waals surface area contributed by atoms with E-state index in [4.69, 9.17) is 4.74 Å². The van der Waals surface area contributed by atoms with E-state index in [0.717, 1.165) is 25.0 Å². The highest BCUT2D eigenvalue weighted by molar-refractivity contribution is 5.92. The molecule has 0 saturated heterocycles.